The van der Waals surface area contributed by atoms with Crippen LogP contribution in [-0.2, 0) is 29.8 Å². The van der Waals surface area contributed by atoms with E-state index in [1.807, 2.05) is 23.7 Å². The molecule has 10 nitrogen and oxygen atoms in total. The number of halogens is 3. The van der Waals surface area contributed by atoms with Crippen LogP contribution in [0.15, 0.2) is 41.6 Å². The molecule has 0 spiro atoms. The standard InChI is InChI=1S/C27H30F3N7O3S/c1-4-31-24-12-21-20(13-32-24)25(16-5-10-23-17(11-16)14-36(3)41(23,38)39)33-37(21)18-6-8-19(9-7-18)40-22-15-35(2)34-26(22)27(28,29)30/h5,10-13,15,18-19H,4,6-9,14H2,1-3H3,(H,31,32)/t18-,19+. The minimum absolute atomic E-state index is 0.0000928. The van der Waals surface area contributed by atoms with Crippen molar-refractivity contribution < 1.29 is 26.3 Å². The van der Waals surface area contributed by atoms with E-state index in [2.05, 4.69) is 15.4 Å². The molecule has 0 saturated heterocycles. The number of benzene rings is 1. The predicted octanol–water partition coefficient (Wildman–Crippen LogP) is 4.98. The lowest BCUT2D eigenvalue weighted by molar-refractivity contribution is -0.143. The highest BCUT2D eigenvalue weighted by molar-refractivity contribution is 7.89. The maximum absolute atomic E-state index is 13.4. The van der Waals surface area contributed by atoms with E-state index in [-0.39, 0.29) is 17.9 Å². The smallest absolute Gasteiger partial charge is 0.438 e. The van der Waals surface area contributed by atoms with Gasteiger partial charge in [-0.25, -0.2) is 13.4 Å². The van der Waals surface area contributed by atoms with Crippen LogP contribution >= 0.6 is 0 Å². The Labute approximate surface area is 235 Å². The van der Waals surface area contributed by atoms with E-state index in [1.54, 1.807) is 25.4 Å². The summed E-state index contributed by atoms with van der Waals surface area (Å²) in [6.45, 7) is 2.98. The summed E-state index contributed by atoms with van der Waals surface area (Å²) >= 11 is 0. The molecule has 4 aromatic rings. The van der Waals surface area contributed by atoms with E-state index in [0.717, 1.165) is 26.7 Å². The molecule has 4 heterocycles. The Kier molecular flexibility index (Phi) is 6.72. The molecule has 2 aliphatic rings. The number of fused-ring (bicyclic) bond motifs is 2. The lowest BCUT2D eigenvalue weighted by Gasteiger charge is -2.29. The summed E-state index contributed by atoms with van der Waals surface area (Å²) in [6.07, 6.45) is 0.516. The number of pyridine rings is 1. The van der Waals surface area contributed by atoms with E-state index in [1.165, 1.54) is 17.5 Å². The third-order valence-corrected chi connectivity index (χ3v) is 9.62. The Balaban J connectivity index is 1.30. The molecule has 0 radical (unpaired) electrons. The minimum atomic E-state index is -4.59. The molecule has 1 saturated carbocycles. The van der Waals surface area contributed by atoms with Crippen molar-refractivity contribution in [2.24, 2.45) is 7.05 Å². The molecule has 0 atom stereocenters. The van der Waals surface area contributed by atoms with Crippen molar-refractivity contribution in [1.29, 1.82) is 0 Å². The van der Waals surface area contributed by atoms with Crippen LogP contribution in [0.25, 0.3) is 22.2 Å². The van der Waals surface area contributed by atoms with Crippen molar-refractivity contribution in [3.05, 3.63) is 47.9 Å². The Hall–Kier alpha value is -3.65. The van der Waals surface area contributed by atoms with Crippen LogP contribution < -0.4 is 10.1 Å². The van der Waals surface area contributed by atoms with Gasteiger partial charge in [-0.05, 0) is 50.3 Å². The molecule has 1 N–H and O–H groups in total. The molecular weight excluding hydrogens is 559 g/mol. The topological polar surface area (TPSA) is 107 Å². The maximum atomic E-state index is 13.4. The van der Waals surface area contributed by atoms with Gasteiger partial charge in [-0.15, -0.1) is 0 Å². The highest BCUT2D eigenvalue weighted by atomic mass is 32.2. The highest BCUT2D eigenvalue weighted by Gasteiger charge is 2.39. The molecule has 3 aromatic heterocycles. The number of rotatable bonds is 6. The summed E-state index contributed by atoms with van der Waals surface area (Å²) in [5.41, 5.74) is 2.09. The van der Waals surface area contributed by atoms with Gasteiger partial charge in [0.1, 0.15) is 11.5 Å². The number of hydrogen-bond donors (Lipinski definition) is 1. The van der Waals surface area contributed by atoms with E-state index in [9.17, 15) is 21.6 Å². The molecule has 0 bridgehead atoms. The van der Waals surface area contributed by atoms with Gasteiger partial charge in [0.2, 0.25) is 15.7 Å². The van der Waals surface area contributed by atoms with Gasteiger partial charge in [-0.2, -0.15) is 27.7 Å². The lowest BCUT2D eigenvalue weighted by Crippen LogP contribution is -2.27. The first-order valence-electron chi connectivity index (χ1n) is 13.4. The summed E-state index contributed by atoms with van der Waals surface area (Å²) < 4.78 is 75.6. The molecule has 6 rings (SSSR count). The number of nitrogens with one attached hydrogen (secondary N) is 1. The second-order valence-electron chi connectivity index (χ2n) is 10.6. The lowest BCUT2D eigenvalue weighted by atomic mass is 9.93. The van der Waals surface area contributed by atoms with Crippen LogP contribution in [0.2, 0.25) is 0 Å². The van der Waals surface area contributed by atoms with Crippen LogP contribution in [-0.4, -0.2) is 57.0 Å². The third-order valence-electron chi connectivity index (χ3n) is 7.71. The second kappa shape index (κ2) is 10.0. The first-order valence-corrected chi connectivity index (χ1v) is 14.9. The maximum Gasteiger partial charge on any atom is 0.438 e. The number of hydrogen-bond acceptors (Lipinski definition) is 7. The molecule has 1 aliphatic carbocycles. The zero-order valence-corrected chi connectivity index (χ0v) is 23.6. The van der Waals surface area contributed by atoms with E-state index in [4.69, 9.17) is 9.84 Å². The fourth-order valence-corrected chi connectivity index (χ4v) is 7.07. The largest absolute Gasteiger partial charge is 0.486 e. The van der Waals surface area contributed by atoms with Crippen LogP contribution in [0.4, 0.5) is 19.0 Å². The monoisotopic (exact) mass is 589 g/mol. The molecular formula is C27H30F3N7O3S. The second-order valence-corrected chi connectivity index (χ2v) is 12.6. The number of sulfonamides is 1. The van der Waals surface area contributed by atoms with Crippen LogP contribution in [0.1, 0.15) is 49.9 Å². The summed E-state index contributed by atoms with van der Waals surface area (Å²) in [5, 5.41) is 12.6. The average Bonchev–Trinajstić information content (AvgIpc) is 3.55. The fourth-order valence-electron chi connectivity index (χ4n) is 5.73. The molecule has 0 amide bonds. The molecule has 41 heavy (non-hydrogen) atoms. The average molecular weight is 590 g/mol. The van der Waals surface area contributed by atoms with Gasteiger partial charge >= 0.3 is 6.18 Å². The summed E-state index contributed by atoms with van der Waals surface area (Å²) in [4.78, 5) is 4.86. The van der Waals surface area contributed by atoms with Crippen molar-refractivity contribution in [2.75, 3.05) is 18.9 Å². The Morgan fingerprint density at radius 2 is 1.85 bits per heavy atom. The summed E-state index contributed by atoms with van der Waals surface area (Å²) in [6, 6.07) is 7.23. The number of alkyl halides is 3. The Morgan fingerprint density at radius 1 is 1.10 bits per heavy atom. The van der Waals surface area contributed by atoms with Crippen LogP contribution in [0.3, 0.4) is 0 Å². The van der Waals surface area contributed by atoms with Gasteiger partial charge in [0.15, 0.2) is 5.75 Å². The first-order chi connectivity index (χ1) is 19.5. The quantitative estimate of drug-likeness (QED) is 0.338. The van der Waals surface area contributed by atoms with Gasteiger partial charge in [-0.1, -0.05) is 6.07 Å². The first kappa shape index (κ1) is 27.5. The van der Waals surface area contributed by atoms with Gasteiger partial charge in [0.05, 0.1) is 28.8 Å². The SMILES string of the molecule is CCNc1cc2c(cn1)c(-c1ccc3c(c1)CN(C)S3(=O)=O)nn2[C@H]1CC[C@@H](Oc2cn(C)nc2C(F)(F)F)CC1. The number of anilines is 1. The number of nitrogens with zero attached hydrogens (tertiary/aromatic N) is 6. The van der Waals surface area contributed by atoms with E-state index >= 15 is 0 Å². The molecule has 1 aromatic carbocycles. The van der Waals surface area contributed by atoms with Crippen LogP contribution in [0.5, 0.6) is 5.75 Å². The zero-order chi connectivity index (χ0) is 29.1. The molecule has 218 valence electrons. The van der Waals surface area contributed by atoms with Crippen LogP contribution in [0, 0.1) is 0 Å². The highest BCUT2D eigenvalue weighted by Crippen LogP contribution is 2.40. The third kappa shape index (κ3) is 4.92. The minimum Gasteiger partial charge on any atom is -0.486 e. The van der Waals surface area contributed by atoms with Crippen molar-refractivity contribution in [1.82, 2.24) is 28.9 Å². The van der Waals surface area contributed by atoms with Gasteiger partial charge in [0.25, 0.3) is 0 Å². The Morgan fingerprint density at radius 3 is 2.56 bits per heavy atom. The van der Waals surface area contributed by atoms with Crippen molar-refractivity contribution in [2.45, 2.75) is 62.4 Å². The van der Waals surface area contributed by atoms with Crippen molar-refractivity contribution in [3.8, 4) is 17.0 Å². The number of aromatic nitrogens is 5. The number of aryl methyl sites for hydroxylation is 1. The van der Waals surface area contributed by atoms with Gasteiger partial charge in [0, 0.05) is 50.4 Å². The molecule has 1 fully saturated rings. The van der Waals surface area contributed by atoms with Crippen molar-refractivity contribution >= 4 is 26.7 Å². The molecule has 1 aliphatic heterocycles. The summed E-state index contributed by atoms with van der Waals surface area (Å²) in [7, 11) is -0.482. The normalized spacial score (nSPS) is 20.8. The Bertz CT molecular complexity index is 1720. The zero-order valence-electron chi connectivity index (χ0n) is 22.8. The van der Waals surface area contributed by atoms with E-state index < -0.39 is 21.9 Å². The molecule has 14 heteroatoms. The number of ether oxygens (including phenoxy) is 1. The van der Waals surface area contributed by atoms with E-state index in [0.29, 0.717) is 55.2 Å². The van der Waals surface area contributed by atoms with Gasteiger partial charge < -0.3 is 10.1 Å². The summed E-state index contributed by atoms with van der Waals surface area (Å²) in [5.74, 6) is 0.462. The van der Waals surface area contributed by atoms with Crippen molar-refractivity contribution in [3.63, 3.8) is 0 Å². The predicted molar refractivity (Wildman–Crippen MR) is 146 cm³/mol. The van der Waals surface area contributed by atoms with Gasteiger partial charge in [-0.3, -0.25) is 9.36 Å². The molecule has 0 unspecified atom stereocenters. The fraction of sp³-hybridized carbons (Fsp3) is 0.444.